The summed E-state index contributed by atoms with van der Waals surface area (Å²) in [6.07, 6.45) is 0. The van der Waals surface area contributed by atoms with E-state index < -0.39 is 5.82 Å². The molecule has 0 unspecified atom stereocenters. The fraction of sp³-hybridized carbons (Fsp3) is 0.182. The second-order valence-electron chi connectivity index (χ2n) is 3.96. The molecule has 0 aliphatic heterocycles. The molecule has 2 rings (SSSR count). The molecule has 100 valence electrons. The van der Waals surface area contributed by atoms with Gasteiger partial charge in [-0.1, -0.05) is 11.6 Å². The second-order valence-corrected chi connectivity index (χ2v) is 4.40. The summed E-state index contributed by atoms with van der Waals surface area (Å²) in [5.74, 6) is 0.105. The van der Waals surface area contributed by atoms with Gasteiger partial charge in [0.25, 0.3) is 0 Å². The van der Waals surface area contributed by atoms with E-state index in [0.29, 0.717) is 11.0 Å². The van der Waals surface area contributed by atoms with Crippen LogP contribution < -0.4 is 16.0 Å². The minimum absolute atomic E-state index is 0.0450. The molecule has 3 N–H and O–H groups in total. The van der Waals surface area contributed by atoms with Crippen molar-refractivity contribution in [3.8, 4) is 0 Å². The summed E-state index contributed by atoms with van der Waals surface area (Å²) in [6, 6.07) is 4.14. The highest BCUT2D eigenvalue weighted by Crippen LogP contribution is 2.22. The molecular formula is C11H12ClFN6. The van der Waals surface area contributed by atoms with Crippen molar-refractivity contribution in [3.05, 3.63) is 29.0 Å². The number of hydrogen-bond acceptors (Lipinski definition) is 6. The Labute approximate surface area is 114 Å². The number of anilines is 4. The number of nitrogens with one attached hydrogen (secondary N) is 1. The number of aromatic nitrogens is 3. The lowest BCUT2D eigenvalue weighted by molar-refractivity contribution is 0.631. The maximum atomic E-state index is 13.6. The molecule has 2 aromatic rings. The molecule has 0 bridgehead atoms. The van der Waals surface area contributed by atoms with E-state index in [0.717, 1.165) is 0 Å². The number of halogens is 2. The molecule has 8 heteroatoms. The summed E-state index contributed by atoms with van der Waals surface area (Å²) in [6.45, 7) is 0. The van der Waals surface area contributed by atoms with Crippen LogP contribution in [0.2, 0.25) is 5.02 Å². The molecule has 0 amide bonds. The van der Waals surface area contributed by atoms with Crippen LogP contribution in [0.3, 0.4) is 0 Å². The molecule has 0 aliphatic carbocycles. The maximum Gasteiger partial charge on any atom is 0.233 e. The van der Waals surface area contributed by atoms with Crippen molar-refractivity contribution in [2.45, 2.75) is 0 Å². The van der Waals surface area contributed by atoms with Gasteiger partial charge in [0.15, 0.2) is 0 Å². The SMILES string of the molecule is CN(C)c1nc(N)nc(Nc2cc(Cl)ccc2F)n1. The van der Waals surface area contributed by atoms with Gasteiger partial charge in [0, 0.05) is 19.1 Å². The first-order chi connectivity index (χ1) is 8.95. The Morgan fingerprint density at radius 1 is 1.26 bits per heavy atom. The first-order valence-electron chi connectivity index (χ1n) is 5.36. The Hall–Kier alpha value is -2.15. The molecule has 6 nitrogen and oxygen atoms in total. The van der Waals surface area contributed by atoms with Crippen molar-refractivity contribution in [2.75, 3.05) is 30.0 Å². The average Bonchev–Trinajstić information content (AvgIpc) is 2.33. The monoisotopic (exact) mass is 282 g/mol. The number of nitrogens with zero attached hydrogens (tertiary/aromatic N) is 4. The Kier molecular flexibility index (Phi) is 3.66. The lowest BCUT2D eigenvalue weighted by Crippen LogP contribution is -2.15. The normalized spacial score (nSPS) is 10.3. The standard InChI is InChI=1S/C11H12ClFN6/c1-19(2)11-17-9(14)16-10(18-11)15-8-5-6(12)3-4-7(8)13/h3-5H,1-2H3,(H3,14,15,16,17,18). The first kappa shape index (κ1) is 13.3. The van der Waals surface area contributed by atoms with E-state index in [1.807, 2.05) is 0 Å². The van der Waals surface area contributed by atoms with Crippen LogP contribution in [0.5, 0.6) is 0 Å². The van der Waals surface area contributed by atoms with Crippen molar-refractivity contribution in [1.29, 1.82) is 0 Å². The minimum Gasteiger partial charge on any atom is -0.368 e. The number of hydrogen-bond donors (Lipinski definition) is 2. The predicted octanol–water partition coefficient (Wildman–Crippen LogP) is 2.06. The Morgan fingerprint density at radius 2 is 2.00 bits per heavy atom. The smallest absolute Gasteiger partial charge is 0.233 e. The summed E-state index contributed by atoms with van der Waals surface area (Å²) in [4.78, 5) is 13.6. The lowest BCUT2D eigenvalue weighted by atomic mass is 10.3. The van der Waals surface area contributed by atoms with Gasteiger partial charge in [-0.15, -0.1) is 0 Å². The van der Waals surface area contributed by atoms with Crippen LogP contribution in [0, 0.1) is 5.82 Å². The number of nitrogens with two attached hydrogens (primary N) is 1. The molecule has 1 aromatic carbocycles. The lowest BCUT2D eigenvalue weighted by Gasteiger charge is -2.12. The van der Waals surface area contributed by atoms with Gasteiger partial charge in [-0.3, -0.25) is 0 Å². The molecule has 0 spiro atoms. The van der Waals surface area contributed by atoms with E-state index in [1.54, 1.807) is 19.0 Å². The van der Waals surface area contributed by atoms with E-state index in [9.17, 15) is 4.39 Å². The molecule has 0 fully saturated rings. The average molecular weight is 283 g/mol. The van der Waals surface area contributed by atoms with Crippen molar-refractivity contribution in [2.24, 2.45) is 0 Å². The number of benzene rings is 1. The first-order valence-corrected chi connectivity index (χ1v) is 5.74. The zero-order chi connectivity index (χ0) is 14.0. The van der Waals surface area contributed by atoms with Crippen molar-refractivity contribution in [3.63, 3.8) is 0 Å². The zero-order valence-electron chi connectivity index (χ0n) is 10.4. The summed E-state index contributed by atoms with van der Waals surface area (Å²) in [5.41, 5.74) is 5.74. The Bertz CT molecular complexity index is 604. The van der Waals surface area contributed by atoms with E-state index in [-0.39, 0.29) is 17.6 Å². The molecule has 1 aromatic heterocycles. The van der Waals surface area contributed by atoms with Crippen LogP contribution >= 0.6 is 11.6 Å². The molecule has 1 heterocycles. The van der Waals surface area contributed by atoms with Crippen molar-refractivity contribution >= 4 is 35.1 Å². The van der Waals surface area contributed by atoms with Crippen LogP contribution in [0.1, 0.15) is 0 Å². The van der Waals surface area contributed by atoms with Gasteiger partial charge >= 0.3 is 0 Å². The highest BCUT2D eigenvalue weighted by Gasteiger charge is 2.09. The van der Waals surface area contributed by atoms with Crippen LogP contribution in [-0.4, -0.2) is 29.0 Å². The van der Waals surface area contributed by atoms with E-state index >= 15 is 0 Å². The molecule has 19 heavy (non-hydrogen) atoms. The minimum atomic E-state index is -0.463. The molecular weight excluding hydrogens is 271 g/mol. The molecule has 0 saturated carbocycles. The van der Waals surface area contributed by atoms with Gasteiger partial charge in [0.05, 0.1) is 5.69 Å². The molecule has 0 radical (unpaired) electrons. The van der Waals surface area contributed by atoms with E-state index in [1.165, 1.54) is 18.2 Å². The van der Waals surface area contributed by atoms with Gasteiger partial charge in [-0.2, -0.15) is 15.0 Å². The van der Waals surface area contributed by atoms with Crippen LogP contribution in [0.25, 0.3) is 0 Å². The zero-order valence-corrected chi connectivity index (χ0v) is 11.1. The van der Waals surface area contributed by atoms with Gasteiger partial charge in [0.2, 0.25) is 17.8 Å². The highest BCUT2D eigenvalue weighted by molar-refractivity contribution is 6.30. The van der Waals surface area contributed by atoms with Crippen molar-refractivity contribution in [1.82, 2.24) is 15.0 Å². The van der Waals surface area contributed by atoms with Crippen LogP contribution in [0.4, 0.5) is 27.9 Å². The summed E-state index contributed by atoms with van der Waals surface area (Å²) < 4.78 is 13.6. The summed E-state index contributed by atoms with van der Waals surface area (Å²) in [5, 5.41) is 3.12. The number of nitrogen functional groups attached to an aromatic ring is 1. The van der Waals surface area contributed by atoms with E-state index in [4.69, 9.17) is 17.3 Å². The molecule has 0 aliphatic rings. The van der Waals surface area contributed by atoms with Crippen LogP contribution in [-0.2, 0) is 0 Å². The van der Waals surface area contributed by atoms with Crippen LogP contribution in [0.15, 0.2) is 18.2 Å². The topological polar surface area (TPSA) is 80.0 Å². The fourth-order valence-corrected chi connectivity index (χ4v) is 1.52. The quantitative estimate of drug-likeness (QED) is 0.897. The predicted molar refractivity (Wildman–Crippen MR) is 73.3 cm³/mol. The van der Waals surface area contributed by atoms with Gasteiger partial charge in [-0.05, 0) is 18.2 Å². The third-order valence-electron chi connectivity index (χ3n) is 2.22. The van der Waals surface area contributed by atoms with Gasteiger partial charge in [0.1, 0.15) is 5.82 Å². The largest absolute Gasteiger partial charge is 0.368 e. The van der Waals surface area contributed by atoms with Gasteiger partial charge < -0.3 is 16.0 Å². The van der Waals surface area contributed by atoms with Gasteiger partial charge in [-0.25, -0.2) is 4.39 Å². The molecule has 0 atom stereocenters. The van der Waals surface area contributed by atoms with Crippen molar-refractivity contribution < 1.29 is 4.39 Å². The number of rotatable bonds is 3. The second kappa shape index (κ2) is 5.23. The maximum absolute atomic E-state index is 13.6. The summed E-state index contributed by atoms with van der Waals surface area (Å²) in [7, 11) is 3.52. The Morgan fingerprint density at radius 3 is 2.68 bits per heavy atom. The fourth-order valence-electron chi connectivity index (χ4n) is 1.35. The third-order valence-corrected chi connectivity index (χ3v) is 2.45. The Balaban J connectivity index is 2.35. The highest BCUT2D eigenvalue weighted by atomic mass is 35.5. The van der Waals surface area contributed by atoms with E-state index in [2.05, 4.69) is 20.3 Å². The summed E-state index contributed by atoms with van der Waals surface area (Å²) >= 11 is 5.80. The third kappa shape index (κ3) is 3.19. The molecule has 0 saturated heterocycles.